The SMILES string of the molecule is CCN(CC)C(=O)Nc1ccc([C@@H](Cc2ccncc2)c2ccc(OC)c(OC3CCCC3)c2)cc1. The number of nitrogens with zero attached hydrogens (tertiary/aromatic N) is 2. The summed E-state index contributed by atoms with van der Waals surface area (Å²) >= 11 is 0. The number of carbonyl (C=O) groups excluding carboxylic acids is 1. The number of nitrogens with one attached hydrogen (secondary N) is 1. The van der Waals surface area contributed by atoms with Gasteiger partial charge in [-0.25, -0.2) is 4.79 Å². The van der Waals surface area contributed by atoms with Crippen molar-refractivity contribution in [3.63, 3.8) is 0 Å². The molecular formula is C30H37N3O3. The third-order valence-corrected chi connectivity index (χ3v) is 6.99. The summed E-state index contributed by atoms with van der Waals surface area (Å²) < 4.78 is 12.0. The first kappa shape index (κ1) is 25.5. The van der Waals surface area contributed by atoms with Gasteiger partial charge in [-0.2, -0.15) is 0 Å². The van der Waals surface area contributed by atoms with Gasteiger partial charge in [0.25, 0.3) is 0 Å². The van der Waals surface area contributed by atoms with Crippen LogP contribution in [0.25, 0.3) is 0 Å². The number of hydrogen-bond acceptors (Lipinski definition) is 4. The van der Waals surface area contributed by atoms with Gasteiger partial charge in [0.1, 0.15) is 0 Å². The van der Waals surface area contributed by atoms with Crippen LogP contribution < -0.4 is 14.8 Å². The molecule has 0 radical (unpaired) electrons. The Labute approximate surface area is 214 Å². The van der Waals surface area contributed by atoms with Crippen molar-refractivity contribution >= 4 is 11.7 Å². The number of amides is 2. The standard InChI is InChI=1S/C30H37N3O3/c1-4-33(5-2)30(34)32-25-13-10-23(11-14-25)27(20-22-16-18-31-19-17-22)24-12-15-28(35-3)29(21-24)36-26-8-6-7-9-26/h10-19,21,26-27H,4-9,20H2,1-3H3,(H,32,34)/t27-/m1/s1. The van der Waals surface area contributed by atoms with Gasteiger partial charge in [0.15, 0.2) is 11.5 Å². The second-order valence-corrected chi connectivity index (χ2v) is 9.27. The molecule has 0 saturated heterocycles. The third-order valence-electron chi connectivity index (χ3n) is 6.99. The van der Waals surface area contributed by atoms with E-state index in [2.05, 4.69) is 46.7 Å². The molecule has 1 N–H and O–H groups in total. The molecule has 2 aromatic carbocycles. The highest BCUT2D eigenvalue weighted by atomic mass is 16.5. The molecule has 1 aliphatic carbocycles. The van der Waals surface area contributed by atoms with Crippen molar-refractivity contribution in [1.29, 1.82) is 0 Å². The van der Waals surface area contributed by atoms with Crippen LogP contribution in [0, 0.1) is 0 Å². The number of hydrogen-bond donors (Lipinski definition) is 1. The number of anilines is 1. The largest absolute Gasteiger partial charge is 0.493 e. The molecule has 0 bridgehead atoms. The lowest BCUT2D eigenvalue weighted by atomic mass is 9.86. The van der Waals surface area contributed by atoms with Gasteiger partial charge in [0.05, 0.1) is 13.2 Å². The van der Waals surface area contributed by atoms with Crippen molar-refractivity contribution in [2.75, 3.05) is 25.5 Å². The van der Waals surface area contributed by atoms with Crippen molar-refractivity contribution in [2.24, 2.45) is 0 Å². The molecule has 2 amide bonds. The van der Waals surface area contributed by atoms with Crippen LogP contribution in [0.5, 0.6) is 11.5 Å². The zero-order valence-corrected chi connectivity index (χ0v) is 21.6. The van der Waals surface area contributed by atoms with Gasteiger partial charge in [-0.1, -0.05) is 18.2 Å². The lowest BCUT2D eigenvalue weighted by Gasteiger charge is -2.22. The summed E-state index contributed by atoms with van der Waals surface area (Å²) in [5.74, 6) is 1.68. The van der Waals surface area contributed by atoms with Crippen LogP contribution in [0.3, 0.4) is 0 Å². The molecule has 36 heavy (non-hydrogen) atoms. The fourth-order valence-electron chi connectivity index (χ4n) is 4.88. The highest BCUT2D eigenvalue weighted by Crippen LogP contribution is 2.37. The lowest BCUT2D eigenvalue weighted by Crippen LogP contribution is -2.34. The first-order valence-corrected chi connectivity index (χ1v) is 13.0. The number of carbonyl (C=O) groups is 1. The van der Waals surface area contributed by atoms with E-state index >= 15 is 0 Å². The molecule has 1 heterocycles. The second-order valence-electron chi connectivity index (χ2n) is 9.27. The number of methoxy groups -OCH3 is 1. The van der Waals surface area contributed by atoms with E-state index in [1.165, 1.54) is 29.5 Å². The number of benzene rings is 2. The molecule has 3 aromatic rings. The van der Waals surface area contributed by atoms with E-state index in [4.69, 9.17) is 9.47 Å². The molecule has 6 heteroatoms. The third kappa shape index (κ3) is 6.36. The van der Waals surface area contributed by atoms with Crippen molar-refractivity contribution in [3.8, 4) is 11.5 Å². The number of rotatable bonds is 10. The van der Waals surface area contributed by atoms with Crippen LogP contribution in [0.4, 0.5) is 10.5 Å². The second kappa shape index (κ2) is 12.4. The first-order chi connectivity index (χ1) is 17.6. The molecule has 1 atom stereocenters. The molecule has 1 fully saturated rings. The summed E-state index contributed by atoms with van der Waals surface area (Å²) in [4.78, 5) is 18.4. The highest BCUT2D eigenvalue weighted by molar-refractivity contribution is 5.89. The fraction of sp³-hybridized carbons (Fsp3) is 0.400. The Hall–Kier alpha value is -3.54. The average molecular weight is 488 g/mol. The maximum absolute atomic E-state index is 12.5. The fourth-order valence-corrected chi connectivity index (χ4v) is 4.88. The van der Waals surface area contributed by atoms with Crippen molar-refractivity contribution in [1.82, 2.24) is 9.88 Å². The topological polar surface area (TPSA) is 63.7 Å². The summed E-state index contributed by atoms with van der Waals surface area (Å²) in [6.07, 6.45) is 9.36. The van der Waals surface area contributed by atoms with Gasteiger partial charge in [-0.15, -0.1) is 0 Å². The molecule has 1 saturated carbocycles. The molecular weight excluding hydrogens is 450 g/mol. The first-order valence-electron chi connectivity index (χ1n) is 13.0. The monoisotopic (exact) mass is 487 g/mol. The molecule has 0 unspecified atom stereocenters. The van der Waals surface area contributed by atoms with E-state index in [9.17, 15) is 4.79 Å². The number of pyridine rings is 1. The number of aromatic nitrogens is 1. The van der Waals surface area contributed by atoms with Crippen molar-refractivity contribution < 1.29 is 14.3 Å². The summed E-state index contributed by atoms with van der Waals surface area (Å²) in [6.45, 7) is 5.32. The lowest BCUT2D eigenvalue weighted by molar-refractivity contribution is 0.200. The van der Waals surface area contributed by atoms with Gasteiger partial charge in [0, 0.05) is 37.1 Å². The van der Waals surface area contributed by atoms with Crippen LogP contribution in [0.1, 0.15) is 62.1 Å². The quantitative estimate of drug-likeness (QED) is 0.347. The smallest absolute Gasteiger partial charge is 0.321 e. The van der Waals surface area contributed by atoms with Gasteiger partial charge in [-0.05, 0) is 99.0 Å². The van der Waals surface area contributed by atoms with Gasteiger partial charge in [-0.3, -0.25) is 4.98 Å². The minimum atomic E-state index is -0.0788. The Morgan fingerprint density at radius 3 is 2.28 bits per heavy atom. The van der Waals surface area contributed by atoms with Crippen LogP contribution in [-0.4, -0.2) is 42.2 Å². The predicted molar refractivity (Wildman–Crippen MR) is 144 cm³/mol. The summed E-state index contributed by atoms with van der Waals surface area (Å²) in [7, 11) is 1.69. The maximum atomic E-state index is 12.5. The number of urea groups is 1. The van der Waals surface area contributed by atoms with Gasteiger partial charge in [0.2, 0.25) is 0 Å². The Bertz CT molecular complexity index is 1110. The molecule has 1 aromatic heterocycles. The summed E-state index contributed by atoms with van der Waals surface area (Å²) in [5, 5.41) is 3.01. The van der Waals surface area contributed by atoms with Gasteiger partial charge >= 0.3 is 6.03 Å². The summed E-state index contributed by atoms with van der Waals surface area (Å²) in [5.41, 5.74) is 4.34. The zero-order valence-electron chi connectivity index (χ0n) is 21.6. The molecule has 0 spiro atoms. The molecule has 6 nitrogen and oxygen atoms in total. The molecule has 190 valence electrons. The van der Waals surface area contributed by atoms with E-state index in [-0.39, 0.29) is 18.1 Å². The minimum absolute atomic E-state index is 0.0788. The van der Waals surface area contributed by atoms with E-state index in [1.807, 2.05) is 44.4 Å². The molecule has 0 aliphatic heterocycles. The van der Waals surface area contributed by atoms with E-state index in [0.29, 0.717) is 13.1 Å². The van der Waals surface area contributed by atoms with Crippen LogP contribution in [0.15, 0.2) is 67.0 Å². The maximum Gasteiger partial charge on any atom is 0.321 e. The minimum Gasteiger partial charge on any atom is -0.493 e. The van der Waals surface area contributed by atoms with Crippen LogP contribution >= 0.6 is 0 Å². The summed E-state index contributed by atoms with van der Waals surface area (Å²) in [6, 6.07) is 18.5. The Balaban J connectivity index is 1.62. The van der Waals surface area contributed by atoms with Gasteiger partial charge < -0.3 is 19.7 Å². The van der Waals surface area contributed by atoms with E-state index < -0.39 is 0 Å². The highest BCUT2D eigenvalue weighted by Gasteiger charge is 2.22. The number of ether oxygens (including phenoxy) is 2. The Morgan fingerprint density at radius 1 is 0.972 bits per heavy atom. The van der Waals surface area contributed by atoms with Crippen LogP contribution in [-0.2, 0) is 6.42 Å². The Kier molecular flexibility index (Phi) is 8.82. The van der Waals surface area contributed by atoms with E-state index in [0.717, 1.165) is 36.4 Å². The normalized spacial score (nSPS) is 14.3. The Morgan fingerprint density at radius 2 is 1.64 bits per heavy atom. The van der Waals surface area contributed by atoms with Crippen molar-refractivity contribution in [3.05, 3.63) is 83.7 Å². The van der Waals surface area contributed by atoms with Crippen LogP contribution in [0.2, 0.25) is 0 Å². The molecule has 4 rings (SSSR count). The van der Waals surface area contributed by atoms with E-state index in [1.54, 1.807) is 12.0 Å². The molecule has 1 aliphatic rings. The predicted octanol–water partition coefficient (Wildman–Crippen LogP) is 6.66. The van der Waals surface area contributed by atoms with Crippen molar-refractivity contribution in [2.45, 2.75) is 58.0 Å². The zero-order chi connectivity index (χ0) is 25.3. The average Bonchev–Trinajstić information content (AvgIpc) is 3.42.